The number of rotatable bonds is 14. The number of H-pyrrole nitrogens is 1. The number of nitrogens with zero attached hydrogens (tertiary/aromatic N) is 6. The molecule has 5 aromatic heterocycles. The van der Waals surface area contributed by atoms with Gasteiger partial charge in [-0.3, -0.25) is 28.8 Å². The lowest BCUT2D eigenvalue weighted by molar-refractivity contribution is -0.116. The van der Waals surface area contributed by atoms with Crippen LogP contribution in [0.3, 0.4) is 0 Å². The lowest BCUT2D eigenvalue weighted by Crippen LogP contribution is -2.23. The van der Waals surface area contributed by atoms with Crippen LogP contribution in [0.1, 0.15) is 140 Å². The molecule has 1 aliphatic heterocycles. The molecule has 0 aliphatic carbocycles. The Bertz CT molecular complexity index is 3040. The molecule has 2 aromatic carbocycles. The number of aromatic amines is 1. The highest BCUT2D eigenvalue weighted by Gasteiger charge is 2.27. The molecule has 0 unspecified atom stereocenters. The number of benzene rings is 2. The third-order valence-electron chi connectivity index (χ3n) is 11.3. The Kier molecular flexibility index (Phi) is 14.1. The molecular formula is C48H48N10O8. The van der Waals surface area contributed by atoms with Gasteiger partial charge in [-0.1, -0.05) is 50.1 Å². The molecule has 0 radical (unpaired) electrons. The third kappa shape index (κ3) is 10.7. The van der Waals surface area contributed by atoms with Gasteiger partial charge in [-0.25, -0.2) is 19.9 Å². The highest BCUT2D eigenvalue weighted by molar-refractivity contribution is 6.06. The van der Waals surface area contributed by atoms with E-state index in [9.17, 15) is 28.8 Å². The molecule has 6 heterocycles. The predicted molar refractivity (Wildman–Crippen MR) is 244 cm³/mol. The maximum atomic E-state index is 12.9. The summed E-state index contributed by atoms with van der Waals surface area (Å²) in [5, 5.41) is 16.6. The van der Waals surface area contributed by atoms with Gasteiger partial charge in [-0.2, -0.15) is 0 Å². The Balaban J connectivity index is 0.000000196. The number of ketones is 2. The monoisotopic (exact) mass is 892 g/mol. The summed E-state index contributed by atoms with van der Waals surface area (Å²) >= 11 is 0. The molecule has 0 fully saturated rings. The van der Waals surface area contributed by atoms with E-state index < -0.39 is 0 Å². The van der Waals surface area contributed by atoms with E-state index in [0.717, 1.165) is 24.0 Å². The summed E-state index contributed by atoms with van der Waals surface area (Å²) in [6, 6.07) is 17.4. The molecule has 4 N–H and O–H groups in total. The highest BCUT2D eigenvalue weighted by Crippen LogP contribution is 2.28. The minimum atomic E-state index is -0.389. The molecule has 1 aliphatic rings. The van der Waals surface area contributed by atoms with Crippen molar-refractivity contribution in [1.29, 1.82) is 0 Å². The fraction of sp³-hybridized carbons (Fsp3) is 0.292. The van der Waals surface area contributed by atoms with Crippen LogP contribution >= 0.6 is 0 Å². The van der Waals surface area contributed by atoms with E-state index in [0.29, 0.717) is 57.4 Å². The van der Waals surface area contributed by atoms with Crippen molar-refractivity contribution in [2.45, 2.75) is 91.9 Å². The first-order valence-electron chi connectivity index (χ1n) is 21.5. The van der Waals surface area contributed by atoms with Crippen LogP contribution in [-0.2, 0) is 24.1 Å². The van der Waals surface area contributed by atoms with E-state index in [4.69, 9.17) is 9.05 Å². The van der Waals surface area contributed by atoms with Crippen LogP contribution in [0.2, 0.25) is 0 Å². The Hall–Kier alpha value is -8.02. The molecule has 8 rings (SSSR count). The molecule has 0 saturated heterocycles. The summed E-state index contributed by atoms with van der Waals surface area (Å²) in [6.45, 7) is 11.8. The number of amides is 3. The van der Waals surface area contributed by atoms with Crippen LogP contribution in [-0.4, -0.2) is 64.5 Å². The molecular weight excluding hydrogens is 845 g/mol. The smallest absolute Gasteiger partial charge is 0.277 e. The second kappa shape index (κ2) is 20.2. The van der Waals surface area contributed by atoms with Crippen LogP contribution in [0.5, 0.6) is 0 Å². The summed E-state index contributed by atoms with van der Waals surface area (Å²) in [4.78, 5) is 92.9. The van der Waals surface area contributed by atoms with E-state index in [2.05, 4.69) is 65.0 Å². The van der Waals surface area contributed by atoms with Crippen molar-refractivity contribution in [2.24, 2.45) is 0 Å². The number of carbonyl (C=O) groups is 5. The number of carbonyl (C=O) groups excluding carboxylic acids is 5. The number of aromatic nitrogens is 7. The zero-order chi connectivity index (χ0) is 47.1. The lowest BCUT2D eigenvalue weighted by atomic mass is 9.95. The van der Waals surface area contributed by atoms with E-state index >= 15 is 0 Å². The minimum absolute atomic E-state index is 0.0827. The van der Waals surface area contributed by atoms with Crippen LogP contribution in [0.25, 0.3) is 11.0 Å². The van der Waals surface area contributed by atoms with Crippen LogP contribution in [0, 0.1) is 13.8 Å². The van der Waals surface area contributed by atoms with E-state index in [1.54, 1.807) is 13.0 Å². The van der Waals surface area contributed by atoms with Crippen LogP contribution in [0.15, 0.2) is 87.2 Å². The van der Waals surface area contributed by atoms with Crippen molar-refractivity contribution in [3.63, 3.8) is 0 Å². The van der Waals surface area contributed by atoms with Crippen molar-refractivity contribution in [1.82, 2.24) is 35.2 Å². The maximum Gasteiger partial charge on any atom is 0.277 e. The minimum Gasteiger partial charge on any atom is -0.360 e. The molecule has 3 amide bonds. The summed E-state index contributed by atoms with van der Waals surface area (Å²) in [7, 11) is 0. The molecule has 7 aromatic rings. The van der Waals surface area contributed by atoms with Gasteiger partial charge in [0.05, 0.1) is 0 Å². The van der Waals surface area contributed by atoms with E-state index in [-0.39, 0.29) is 83.0 Å². The Morgan fingerprint density at radius 3 is 1.76 bits per heavy atom. The van der Waals surface area contributed by atoms with Gasteiger partial charge in [0.25, 0.3) is 11.8 Å². The van der Waals surface area contributed by atoms with Gasteiger partial charge >= 0.3 is 0 Å². The average Bonchev–Trinajstić information content (AvgIpc) is 4.02. The molecule has 18 heteroatoms. The number of Topliss-reactive ketones (excluding diaryl/α,β-unsaturated/α-hetero) is 2. The fourth-order valence-corrected chi connectivity index (χ4v) is 7.48. The predicted octanol–water partition coefficient (Wildman–Crippen LogP) is 7.65. The second-order valence-electron chi connectivity index (χ2n) is 16.1. The number of fused-ring (bicyclic) bond motifs is 2. The molecule has 2 atom stereocenters. The Morgan fingerprint density at radius 2 is 1.20 bits per heavy atom. The van der Waals surface area contributed by atoms with E-state index in [1.807, 2.05) is 57.2 Å². The molecule has 0 saturated carbocycles. The van der Waals surface area contributed by atoms with Gasteiger partial charge in [0.15, 0.2) is 23.0 Å². The number of pyridine rings is 1. The maximum absolute atomic E-state index is 12.9. The summed E-state index contributed by atoms with van der Waals surface area (Å²) in [5.41, 5.74) is 7.46. The number of anilines is 3. The van der Waals surface area contributed by atoms with Crippen molar-refractivity contribution in [2.75, 3.05) is 16.0 Å². The zero-order valence-electron chi connectivity index (χ0n) is 37.3. The van der Waals surface area contributed by atoms with Crippen molar-refractivity contribution in [3.8, 4) is 0 Å². The first-order valence-corrected chi connectivity index (χ1v) is 21.5. The molecule has 0 bridgehead atoms. The summed E-state index contributed by atoms with van der Waals surface area (Å²) in [5.74, 6) is -0.749. The zero-order valence-corrected chi connectivity index (χ0v) is 37.3. The Labute approximate surface area is 378 Å². The summed E-state index contributed by atoms with van der Waals surface area (Å²) < 4.78 is 10.7. The van der Waals surface area contributed by atoms with Gasteiger partial charge in [0.1, 0.15) is 47.0 Å². The number of hydrogen-bond acceptors (Lipinski definition) is 14. The quantitative estimate of drug-likeness (QED) is 0.0765. The highest BCUT2D eigenvalue weighted by atomic mass is 16.5. The molecule has 66 heavy (non-hydrogen) atoms. The van der Waals surface area contributed by atoms with Gasteiger partial charge in [0, 0.05) is 71.6 Å². The third-order valence-corrected chi connectivity index (χ3v) is 11.3. The van der Waals surface area contributed by atoms with Crippen molar-refractivity contribution < 1.29 is 33.0 Å². The number of aryl methyl sites for hydroxylation is 4. The SMILES string of the molecule is CCc1cc(NC(=O)c2cc([C@@H](C)CC(=O)c3ncnc4[nH]c(=O)ccc34)on2)ccc1C.CCc1cc(NC(=O)c2cc([C@@H](C)CC(=O)c3ncnc4c3CCC(=O)N4)on2)ccc1C. The van der Waals surface area contributed by atoms with Crippen LogP contribution in [0.4, 0.5) is 17.2 Å². The Morgan fingerprint density at radius 1 is 0.667 bits per heavy atom. The van der Waals surface area contributed by atoms with Crippen molar-refractivity contribution in [3.05, 3.63) is 146 Å². The molecule has 338 valence electrons. The second-order valence-corrected chi connectivity index (χ2v) is 16.1. The summed E-state index contributed by atoms with van der Waals surface area (Å²) in [6.07, 6.45) is 5.16. The molecule has 0 spiro atoms. The first kappa shape index (κ1) is 46.0. The van der Waals surface area contributed by atoms with Crippen LogP contribution < -0.4 is 21.5 Å². The fourth-order valence-electron chi connectivity index (χ4n) is 7.48. The molecule has 18 nitrogen and oxygen atoms in total. The first-order chi connectivity index (χ1) is 31.7. The number of nitrogens with one attached hydrogen (secondary N) is 4. The van der Waals surface area contributed by atoms with E-state index in [1.165, 1.54) is 42.0 Å². The number of hydrogen-bond donors (Lipinski definition) is 4. The van der Waals surface area contributed by atoms with Gasteiger partial charge in [0.2, 0.25) is 11.5 Å². The lowest BCUT2D eigenvalue weighted by Gasteiger charge is -2.17. The normalized spacial score (nSPS) is 12.8. The van der Waals surface area contributed by atoms with Gasteiger partial charge in [-0.05, 0) is 85.7 Å². The van der Waals surface area contributed by atoms with Gasteiger partial charge < -0.3 is 30.0 Å². The standard InChI is InChI=1S/C24H25N5O4.C24H23N5O4/c2*1-4-15-10-16(6-5-13(15)2)27-24(32)18-11-20(33-29-18)14(3)9-19(30)22-17-7-8-21(31)28-23(17)26-12-25-22/h5-6,10-12,14H,4,7-9H2,1-3H3,(H,27,32)(H,25,26,28,31);5-8,10-12,14H,4,9H2,1-3H3,(H,27,32)(H,25,26,28,31)/t2*14-/m00/s1. The van der Waals surface area contributed by atoms with Crippen molar-refractivity contribution >= 4 is 57.5 Å². The largest absolute Gasteiger partial charge is 0.360 e. The average molecular weight is 893 g/mol. The van der Waals surface area contributed by atoms with Gasteiger partial charge in [-0.15, -0.1) is 0 Å². The topological polar surface area (TPSA) is 258 Å².